The van der Waals surface area contributed by atoms with Crippen LogP contribution in [0.15, 0.2) is 65.5 Å². The molecule has 2 aromatic carbocycles. The average molecular weight is 362 g/mol. The number of likely N-dealkylation sites (tertiary alicyclic amines) is 1. The van der Waals surface area contributed by atoms with E-state index in [2.05, 4.69) is 5.32 Å². The molecule has 0 radical (unpaired) electrons. The van der Waals surface area contributed by atoms with Crippen LogP contribution in [-0.2, 0) is 0 Å². The lowest BCUT2D eigenvalue weighted by Gasteiger charge is -2.31. The number of amides is 2. The van der Waals surface area contributed by atoms with Crippen molar-refractivity contribution in [3.05, 3.63) is 72.2 Å². The molecule has 1 saturated heterocycles. The quantitative estimate of drug-likeness (QED) is 0.769. The Labute approximate surface area is 158 Å². The van der Waals surface area contributed by atoms with Crippen LogP contribution in [0, 0.1) is 5.92 Å². The lowest BCUT2D eigenvalue weighted by atomic mass is 9.96. The maximum absolute atomic E-state index is 12.6. The van der Waals surface area contributed by atoms with E-state index in [0.29, 0.717) is 36.7 Å². The van der Waals surface area contributed by atoms with Crippen LogP contribution in [0.2, 0.25) is 0 Å². The summed E-state index contributed by atoms with van der Waals surface area (Å²) in [5.74, 6) is 0.364. The van der Waals surface area contributed by atoms with E-state index in [1.165, 1.54) is 12.5 Å². The van der Waals surface area contributed by atoms with Crippen molar-refractivity contribution in [2.24, 2.45) is 5.92 Å². The first-order valence-electron chi connectivity index (χ1n) is 9.30. The third-order valence-electron chi connectivity index (χ3n) is 5.26. The summed E-state index contributed by atoms with van der Waals surface area (Å²) in [4.78, 5) is 26.8. The summed E-state index contributed by atoms with van der Waals surface area (Å²) in [6.45, 7) is 2.05. The standard InChI is InChI=1S/C22H22N2O3/c25-21(20-7-3-5-17-4-1-2-6-19(17)20)23-14-16-8-11-24(12-9-16)22(26)18-10-13-27-15-18/h1-7,10,13,15-16H,8-9,11-12,14H2,(H,23,25). The monoisotopic (exact) mass is 362 g/mol. The van der Waals surface area contributed by atoms with Gasteiger partial charge in [-0.1, -0.05) is 36.4 Å². The third-order valence-corrected chi connectivity index (χ3v) is 5.26. The van der Waals surface area contributed by atoms with Gasteiger partial charge in [-0.2, -0.15) is 0 Å². The van der Waals surface area contributed by atoms with Crippen LogP contribution in [0.1, 0.15) is 33.6 Å². The molecule has 2 amide bonds. The van der Waals surface area contributed by atoms with Crippen molar-refractivity contribution in [2.75, 3.05) is 19.6 Å². The van der Waals surface area contributed by atoms with Crippen molar-refractivity contribution < 1.29 is 14.0 Å². The first-order valence-corrected chi connectivity index (χ1v) is 9.30. The zero-order chi connectivity index (χ0) is 18.6. The summed E-state index contributed by atoms with van der Waals surface area (Å²) in [6.07, 6.45) is 4.78. The van der Waals surface area contributed by atoms with Gasteiger partial charge in [-0.3, -0.25) is 9.59 Å². The highest BCUT2D eigenvalue weighted by molar-refractivity contribution is 6.07. The van der Waals surface area contributed by atoms with Gasteiger partial charge in [-0.05, 0) is 41.7 Å². The molecule has 3 aromatic rings. The molecule has 1 aliphatic heterocycles. The molecule has 5 heteroatoms. The van der Waals surface area contributed by atoms with Crippen molar-refractivity contribution in [2.45, 2.75) is 12.8 Å². The fourth-order valence-electron chi connectivity index (χ4n) is 3.66. The number of nitrogens with zero attached hydrogens (tertiary/aromatic N) is 1. The van der Waals surface area contributed by atoms with E-state index < -0.39 is 0 Å². The van der Waals surface area contributed by atoms with Gasteiger partial charge in [0.05, 0.1) is 11.8 Å². The maximum Gasteiger partial charge on any atom is 0.257 e. The summed E-state index contributed by atoms with van der Waals surface area (Å²) in [5, 5.41) is 5.11. The van der Waals surface area contributed by atoms with Crippen LogP contribution in [-0.4, -0.2) is 36.3 Å². The summed E-state index contributed by atoms with van der Waals surface area (Å²) in [7, 11) is 0. The minimum Gasteiger partial charge on any atom is -0.472 e. The van der Waals surface area contributed by atoms with Crippen LogP contribution in [0.3, 0.4) is 0 Å². The minimum absolute atomic E-state index is 0.0157. The summed E-state index contributed by atoms with van der Waals surface area (Å²) >= 11 is 0. The van der Waals surface area contributed by atoms with E-state index in [9.17, 15) is 9.59 Å². The first-order chi connectivity index (χ1) is 13.2. The van der Waals surface area contributed by atoms with Gasteiger partial charge in [0.25, 0.3) is 11.8 Å². The predicted molar refractivity (Wildman–Crippen MR) is 104 cm³/mol. The number of furan rings is 1. The van der Waals surface area contributed by atoms with Crippen molar-refractivity contribution in [3.63, 3.8) is 0 Å². The van der Waals surface area contributed by atoms with Gasteiger partial charge in [0, 0.05) is 25.2 Å². The number of piperidine rings is 1. The second kappa shape index (κ2) is 7.66. The molecule has 1 fully saturated rings. The Balaban J connectivity index is 1.32. The van der Waals surface area contributed by atoms with E-state index >= 15 is 0 Å². The molecule has 138 valence electrons. The minimum atomic E-state index is -0.0382. The largest absolute Gasteiger partial charge is 0.472 e. The van der Waals surface area contributed by atoms with Gasteiger partial charge in [-0.15, -0.1) is 0 Å². The van der Waals surface area contributed by atoms with Gasteiger partial charge in [0.2, 0.25) is 0 Å². The van der Waals surface area contributed by atoms with E-state index in [4.69, 9.17) is 4.42 Å². The Hall–Kier alpha value is -3.08. The van der Waals surface area contributed by atoms with Crippen LogP contribution in [0.25, 0.3) is 10.8 Å². The summed E-state index contributed by atoms with van der Waals surface area (Å²) < 4.78 is 4.99. The molecule has 4 rings (SSSR count). The Morgan fingerprint density at radius 2 is 1.81 bits per heavy atom. The van der Waals surface area contributed by atoms with E-state index in [0.717, 1.165) is 23.6 Å². The molecule has 0 unspecified atom stereocenters. The highest BCUT2D eigenvalue weighted by atomic mass is 16.3. The Bertz CT molecular complexity index is 936. The topological polar surface area (TPSA) is 62.6 Å². The van der Waals surface area contributed by atoms with Gasteiger partial charge >= 0.3 is 0 Å². The molecule has 27 heavy (non-hydrogen) atoms. The lowest BCUT2D eigenvalue weighted by molar-refractivity contribution is 0.0683. The third kappa shape index (κ3) is 3.72. The highest BCUT2D eigenvalue weighted by Crippen LogP contribution is 2.21. The van der Waals surface area contributed by atoms with Gasteiger partial charge in [0.1, 0.15) is 6.26 Å². The zero-order valence-corrected chi connectivity index (χ0v) is 15.1. The van der Waals surface area contributed by atoms with E-state index in [1.54, 1.807) is 6.07 Å². The number of hydrogen-bond acceptors (Lipinski definition) is 3. The van der Waals surface area contributed by atoms with Crippen LogP contribution >= 0.6 is 0 Å². The Morgan fingerprint density at radius 3 is 2.59 bits per heavy atom. The number of rotatable bonds is 4. The lowest BCUT2D eigenvalue weighted by Crippen LogP contribution is -2.41. The first kappa shape index (κ1) is 17.3. The van der Waals surface area contributed by atoms with E-state index in [1.807, 2.05) is 47.4 Å². The van der Waals surface area contributed by atoms with Crippen molar-refractivity contribution in [1.82, 2.24) is 10.2 Å². The Morgan fingerprint density at radius 1 is 1.04 bits per heavy atom. The number of hydrogen-bond donors (Lipinski definition) is 1. The van der Waals surface area contributed by atoms with Crippen molar-refractivity contribution >= 4 is 22.6 Å². The maximum atomic E-state index is 12.6. The number of nitrogens with one attached hydrogen (secondary N) is 1. The molecule has 0 aliphatic carbocycles. The van der Waals surface area contributed by atoms with Crippen LogP contribution in [0.4, 0.5) is 0 Å². The second-order valence-electron chi connectivity index (χ2n) is 6.98. The molecule has 2 heterocycles. The van der Waals surface area contributed by atoms with Crippen LogP contribution < -0.4 is 5.32 Å². The molecule has 1 aromatic heterocycles. The molecular weight excluding hydrogens is 340 g/mol. The fourth-order valence-corrected chi connectivity index (χ4v) is 3.66. The zero-order valence-electron chi connectivity index (χ0n) is 15.1. The van der Waals surface area contributed by atoms with E-state index in [-0.39, 0.29) is 11.8 Å². The van der Waals surface area contributed by atoms with Crippen molar-refractivity contribution in [1.29, 1.82) is 0 Å². The van der Waals surface area contributed by atoms with Gasteiger partial charge in [0.15, 0.2) is 0 Å². The number of carbonyl (C=O) groups excluding carboxylic acids is 2. The molecule has 5 nitrogen and oxygen atoms in total. The summed E-state index contributed by atoms with van der Waals surface area (Å²) in [6, 6.07) is 15.4. The SMILES string of the molecule is O=C(NCC1CCN(C(=O)c2ccoc2)CC1)c1cccc2ccccc12. The fraction of sp³-hybridized carbons (Fsp3) is 0.273. The van der Waals surface area contributed by atoms with Crippen molar-refractivity contribution in [3.8, 4) is 0 Å². The normalized spacial score (nSPS) is 15.0. The molecule has 0 bridgehead atoms. The smallest absolute Gasteiger partial charge is 0.257 e. The highest BCUT2D eigenvalue weighted by Gasteiger charge is 2.24. The van der Waals surface area contributed by atoms with Gasteiger partial charge in [-0.25, -0.2) is 0 Å². The predicted octanol–water partition coefficient (Wildman–Crippen LogP) is 3.72. The molecule has 0 saturated carbocycles. The average Bonchev–Trinajstić information content (AvgIpc) is 3.26. The number of benzene rings is 2. The second-order valence-corrected chi connectivity index (χ2v) is 6.98. The molecule has 0 spiro atoms. The summed E-state index contributed by atoms with van der Waals surface area (Å²) in [5.41, 5.74) is 1.30. The Kier molecular flexibility index (Phi) is 4.92. The number of carbonyl (C=O) groups is 2. The molecular formula is C22H22N2O3. The molecule has 0 atom stereocenters. The molecule has 1 N–H and O–H groups in total. The van der Waals surface area contributed by atoms with Gasteiger partial charge < -0.3 is 14.6 Å². The number of fused-ring (bicyclic) bond motifs is 1. The molecule has 1 aliphatic rings. The van der Waals surface area contributed by atoms with Crippen LogP contribution in [0.5, 0.6) is 0 Å².